The summed E-state index contributed by atoms with van der Waals surface area (Å²) in [5.41, 5.74) is 5.42. The Hall–Kier alpha value is -3.90. The summed E-state index contributed by atoms with van der Waals surface area (Å²) in [4.78, 5) is 21.8. The molecule has 2 N–H and O–H groups in total. The lowest BCUT2D eigenvalue weighted by molar-refractivity contribution is 0.0995. The van der Waals surface area contributed by atoms with Crippen LogP contribution in [-0.2, 0) is 10.0 Å². The Bertz CT molecular complexity index is 1360. The number of primary amides is 1. The van der Waals surface area contributed by atoms with Crippen molar-refractivity contribution in [2.45, 2.75) is 30.8 Å². The van der Waals surface area contributed by atoms with E-state index >= 15 is 0 Å². The van der Waals surface area contributed by atoms with E-state index < -0.39 is 15.9 Å². The Morgan fingerprint density at radius 3 is 2.26 bits per heavy atom. The molecule has 0 aliphatic carbocycles. The van der Waals surface area contributed by atoms with E-state index in [9.17, 15) is 13.2 Å². The van der Waals surface area contributed by atoms with Gasteiger partial charge in [-0.15, -0.1) is 0 Å². The summed E-state index contributed by atoms with van der Waals surface area (Å²) < 4.78 is 44.3. The van der Waals surface area contributed by atoms with Crippen molar-refractivity contribution in [3.8, 4) is 23.0 Å². The van der Waals surface area contributed by atoms with Gasteiger partial charge in [-0.3, -0.25) is 4.79 Å². The van der Waals surface area contributed by atoms with Crippen molar-refractivity contribution >= 4 is 21.7 Å². The highest BCUT2D eigenvalue weighted by atomic mass is 32.2. The first-order valence-corrected chi connectivity index (χ1v) is 13.6. The van der Waals surface area contributed by atoms with Crippen molar-refractivity contribution in [1.29, 1.82) is 0 Å². The minimum atomic E-state index is -3.71. The maximum atomic E-state index is 12.8. The van der Waals surface area contributed by atoms with Crippen LogP contribution in [0.1, 0.15) is 30.3 Å². The number of anilines is 1. The molecule has 38 heavy (non-hydrogen) atoms. The molecule has 3 heterocycles. The van der Waals surface area contributed by atoms with Crippen LogP contribution in [0.15, 0.2) is 59.8 Å². The molecule has 2 aromatic heterocycles. The molecule has 1 aliphatic heterocycles. The van der Waals surface area contributed by atoms with Crippen molar-refractivity contribution in [1.82, 2.24) is 14.3 Å². The van der Waals surface area contributed by atoms with Crippen LogP contribution >= 0.6 is 0 Å². The third kappa shape index (κ3) is 6.32. The number of sulfonamides is 1. The van der Waals surface area contributed by atoms with Gasteiger partial charge in [-0.25, -0.2) is 22.7 Å². The molecule has 202 valence electrons. The molecule has 1 aliphatic rings. The fourth-order valence-corrected chi connectivity index (χ4v) is 4.82. The Morgan fingerprint density at radius 2 is 1.68 bits per heavy atom. The van der Waals surface area contributed by atoms with Crippen LogP contribution in [0.2, 0.25) is 0 Å². The van der Waals surface area contributed by atoms with Gasteiger partial charge < -0.3 is 24.8 Å². The number of hydrogen-bond donors (Lipinski definition) is 1. The van der Waals surface area contributed by atoms with Crippen LogP contribution in [0.5, 0.6) is 23.0 Å². The third-order valence-electron chi connectivity index (χ3n) is 5.98. The van der Waals surface area contributed by atoms with Crippen molar-refractivity contribution in [3.63, 3.8) is 0 Å². The van der Waals surface area contributed by atoms with Gasteiger partial charge in [-0.2, -0.15) is 0 Å². The zero-order valence-corrected chi connectivity index (χ0v) is 22.3. The van der Waals surface area contributed by atoms with Crippen LogP contribution in [0, 0.1) is 0 Å². The van der Waals surface area contributed by atoms with Gasteiger partial charge in [0.15, 0.2) is 11.6 Å². The predicted molar refractivity (Wildman–Crippen MR) is 141 cm³/mol. The van der Waals surface area contributed by atoms with Gasteiger partial charge >= 0.3 is 0 Å². The first-order valence-electron chi connectivity index (χ1n) is 12.2. The topological polar surface area (TPSA) is 137 Å². The SMILES string of the molecule is CCOc1ccc(Oc2cc(S(=O)(=O)N(C)C)cnc2N2CCC(Oc3ccc(C(N)=O)nc3)CC2)cc1. The zero-order valence-electron chi connectivity index (χ0n) is 21.5. The van der Waals surface area contributed by atoms with Gasteiger partial charge in [0.05, 0.1) is 12.8 Å². The average Bonchev–Trinajstić information content (AvgIpc) is 2.91. The number of hydrogen-bond acceptors (Lipinski definition) is 9. The number of aromatic nitrogens is 2. The van der Waals surface area contributed by atoms with E-state index in [-0.39, 0.29) is 16.7 Å². The van der Waals surface area contributed by atoms with E-state index in [1.165, 1.54) is 38.6 Å². The first kappa shape index (κ1) is 27.1. The van der Waals surface area contributed by atoms with E-state index in [0.29, 0.717) is 61.4 Å². The molecule has 3 aromatic rings. The maximum absolute atomic E-state index is 12.8. The van der Waals surface area contributed by atoms with Gasteiger partial charge in [0.2, 0.25) is 10.0 Å². The van der Waals surface area contributed by atoms with Crippen LogP contribution in [0.25, 0.3) is 0 Å². The molecule has 0 saturated carbocycles. The Labute approximate surface area is 222 Å². The number of piperidine rings is 1. The van der Waals surface area contributed by atoms with Crippen molar-refractivity contribution in [2.75, 3.05) is 38.7 Å². The quantitative estimate of drug-likeness (QED) is 0.410. The zero-order chi connectivity index (χ0) is 27.3. The Kier molecular flexibility index (Phi) is 8.32. The summed E-state index contributed by atoms with van der Waals surface area (Å²) in [6.07, 6.45) is 4.17. The molecule has 0 bridgehead atoms. The molecule has 11 nitrogen and oxygen atoms in total. The summed E-state index contributed by atoms with van der Waals surface area (Å²) in [6.45, 7) is 3.69. The number of carbonyl (C=O) groups excluding carboxylic acids is 1. The van der Waals surface area contributed by atoms with Gasteiger partial charge in [-0.1, -0.05) is 0 Å². The standard InChI is InChI=1S/C26H31N5O6S/c1-4-35-18-5-7-19(8-6-18)37-24-15-22(38(33,34)30(2)3)17-29-26(24)31-13-11-20(12-14-31)36-21-9-10-23(25(27)32)28-16-21/h5-10,15-17,20H,4,11-14H2,1-3H3,(H2,27,32). The lowest BCUT2D eigenvalue weighted by Gasteiger charge is -2.33. The molecule has 1 saturated heterocycles. The van der Waals surface area contributed by atoms with E-state index in [2.05, 4.69) is 9.97 Å². The highest BCUT2D eigenvalue weighted by Gasteiger charge is 2.27. The van der Waals surface area contributed by atoms with Gasteiger partial charge in [-0.05, 0) is 43.3 Å². The fourth-order valence-electron chi connectivity index (χ4n) is 3.96. The molecule has 0 radical (unpaired) electrons. The van der Waals surface area contributed by atoms with Gasteiger partial charge in [0.25, 0.3) is 5.91 Å². The third-order valence-corrected chi connectivity index (χ3v) is 7.76. The smallest absolute Gasteiger partial charge is 0.267 e. The highest BCUT2D eigenvalue weighted by Crippen LogP contribution is 2.35. The monoisotopic (exact) mass is 541 g/mol. The van der Waals surface area contributed by atoms with Gasteiger partial charge in [0.1, 0.15) is 33.9 Å². The minimum absolute atomic E-state index is 0.0392. The number of pyridine rings is 2. The molecule has 0 spiro atoms. The van der Waals surface area contributed by atoms with E-state index in [4.69, 9.17) is 19.9 Å². The lowest BCUT2D eigenvalue weighted by atomic mass is 10.1. The molecule has 0 unspecified atom stereocenters. The molecular formula is C26H31N5O6S. The minimum Gasteiger partial charge on any atom is -0.494 e. The number of rotatable bonds is 10. The van der Waals surface area contributed by atoms with Crippen LogP contribution in [0.3, 0.4) is 0 Å². The average molecular weight is 542 g/mol. The number of nitrogens with zero attached hydrogens (tertiary/aromatic N) is 4. The van der Waals surface area contributed by atoms with Crippen molar-refractivity contribution in [2.24, 2.45) is 5.73 Å². The number of benzene rings is 1. The van der Waals surface area contributed by atoms with Crippen molar-refractivity contribution in [3.05, 3.63) is 60.6 Å². The molecular weight excluding hydrogens is 510 g/mol. The Balaban J connectivity index is 1.52. The predicted octanol–water partition coefficient (Wildman–Crippen LogP) is 3.06. The maximum Gasteiger partial charge on any atom is 0.267 e. The fraction of sp³-hybridized carbons (Fsp3) is 0.346. The van der Waals surface area contributed by atoms with E-state index in [1.54, 1.807) is 30.3 Å². The Morgan fingerprint density at radius 1 is 1.03 bits per heavy atom. The number of carbonyl (C=O) groups is 1. The van der Waals surface area contributed by atoms with Crippen LogP contribution in [-0.4, -0.2) is 68.5 Å². The van der Waals surface area contributed by atoms with Crippen LogP contribution in [0.4, 0.5) is 5.82 Å². The molecule has 1 amide bonds. The molecule has 0 atom stereocenters. The lowest BCUT2D eigenvalue weighted by Crippen LogP contribution is -2.39. The highest BCUT2D eigenvalue weighted by molar-refractivity contribution is 7.89. The number of ether oxygens (including phenoxy) is 3. The van der Waals surface area contributed by atoms with E-state index in [0.717, 1.165) is 4.31 Å². The summed E-state index contributed by atoms with van der Waals surface area (Å²) in [5, 5.41) is 0. The summed E-state index contributed by atoms with van der Waals surface area (Å²) >= 11 is 0. The molecule has 4 rings (SSSR count). The number of amides is 1. The largest absolute Gasteiger partial charge is 0.494 e. The van der Waals surface area contributed by atoms with Gasteiger partial charge in [0, 0.05) is 52.3 Å². The normalized spacial score (nSPS) is 14.4. The molecule has 1 aromatic carbocycles. The first-order chi connectivity index (χ1) is 18.2. The summed E-state index contributed by atoms with van der Waals surface area (Å²) in [6, 6.07) is 11.8. The summed E-state index contributed by atoms with van der Waals surface area (Å²) in [5.74, 6) is 2.09. The second-order valence-electron chi connectivity index (χ2n) is 8.83. The van der Waals surface area contributed by atoms with Crippen molar-refractivity contribution < 1.29 is 27.4 Å². The van der Waals surface area contributed by atoms with E-state index in [1.807, 2.05) is 11.8 Å². The number of nitrogens with two attached hydrogens (primary N) is 1. The van der Waals surface area contributed by atoms with Crippen LogP contribution < -0.4 is 24.8 Å². The second kappa shape index (κ2) is 11.7. The molecule has 1 fully saturated rings. The molecule has 12 heteroatoms. The summed E-state index contributed by atoms with van der Waals surface area (Å²) in [7, 11) is -0.767. The second-order valence-corrected chi connectivity index (χ2v) is 11.0.